The first kappa shape index (κ1) is 19.0. The maximum absolute atomic E-state index is 14.3. The lowest BCUT2D eigenvalue weighted by Crippen LogP contribution is -2.51. The molecule has 2 heterocycles. The lowest BCUT2D eigenvalue weighted by atomic mass is 9.72. The Bertz CT molecular complexity index is 703. The van der Waals surface area contributed by atoms with Crippen LogP contribution in [0.25, 0.3) is 0 Å². The van der Waals surface area contributed by atoms with E-state index in [9.17, 15) is 19.1 Å². The Hall–Kier alpha value is -1.31. The van der Waals surface area contributed by atoms with Crippen LogP contribution >= 0.6 is 34.8 Å². The normalized spacial score (nSPS) is 24.0. The van der Waals surface area contributed by atoms with Crippen molar-refractivity contribution in [1.82, 2.24) is 9.88 Å². The summed E-state index contributed by atoms with van der Waals surface area (Å²) in [5, 5.41) is 17.9. The van der Waals surface area contributed by atoms with Gasteiger partial charge in [0.1, 0.15) is 5.15 Å². The SMILES string of the molecule is C[C@@H]1CC(Cc2nc(Cl)c(Cl)c(Cl)c2F)(C(=O)O)CCN1C(=O)O. The maximum Gasteiger partial charge on any atom is 0.407 e. The first-order valence-corrected chi connectivity index (χ1v) is 8.14. The molecule has 0 aliphatic carbocycles. The van der Waals surface area contributed by atoms with Crippen LogP contribution in [0.2, 0.25) is 15.2 Å². The number of nitrogens with zero attached hydrogens (tertiary/aromatic N) is 2. The van der Waals surface area contributed by atoms with Crippen LogP contribution in [0.1, 0.15) is 25.5 Å². The molecule has 1 aliphatic heterocycles. The second-order valence-corrected chi connectivity index (χ2v) is 6.95. The third kappa shape index (κ3) is 3.38. The van der Waals surface area contributed by atoms with E-state index in [0.717, 1.165) is 4.90 Å². The number of hydrogen-bond donors (Lipinski definition) is 2. The number of piperidine rings is 1. The number of likely N-dealkylation sites (tertiary alicyclic amines) is 1. The summed E-state index contributed by atoms with van der Waals surface area (Å²) in [6, 6.07) is -0.534. The predicted octanol–water partition coefficient (Wildman–Crippen LogP) is 3.96. The first-order chi connectivity index (χ1) is 11.1. The molecule has 0 spiro atoms. The molecule has 1 amide bonds. The first-order valence-electron chi connectivity index (χ1n) is 7.01. The number of aromatic nitrogens is 1. The molecule has 0 aromatic carbocycles. The molecular formula is C14H14Cl3FN2O4. The van der Waals surface area contributed by atoms with Gasteiger partial charge < -0.3 is 15.1 Å². The van der Waals surface area contributed by atoms with Crippen LogP contribution < -0.4 is 0 Å². The number of carbonyl (C=O) groups is 2. The molecule has 1 saturated heterocycles. The zero-order valence-electron chi connectivity index (χ0n) is 12.5. The minimum Gasteiger partial charge on any atom is -0.481 e. The van der Waals surface area contributed by atoms with Gasteiger partial charge in [-0.05, 0) is 19.8 Å². The topological polar surface area (TPSA) is 90.7 Å². The van der Waals surface area contributed by atoms with Crippen LogP contribution in [-0.4, -0.2) is 44.7 Å². The highest BCUT2D eigenvalue weighted by molar-refractivity contribution is 6.47. The van der Waals surface area contributed by atoms with E-state index >= 15 is 0 Å². The van der Waals surface area contributed by atoms with Crippen molar-refractivity contribution in [3.05, 3.63) is 26.7 Å². The number of carboxylic acids is 1. The van der Waals surface area contributed by atoms with Gasteiger partial charge in [0.15, 0.2) is 5.82 Å². The highest BCUT2D eigenvalue weighted by Gasteiger charge is 2.46. The van der Waals surface area contributed by atoms with Crippen molar-refractivity contribution in [3.8, 4) is 0 Å². The maximum atomic E-state index is 14.3. The molecule has 2 N–H and O–H groups in total. The van der Waals surface area contributed by atoms with Gasteiger partial charge in [-0.25, -0.2) is 14.2 Å². The molecular weight excluding hydrogens is 386 g/mol. The number of rotatable bonds is 3. The molecule has 1 aliphatic rings. The Balaban J connectivity index is 2.38. The smallest absolute Gasteiger partial charge is 0.407 e. The summed E-state index contributed by atoms with van der Waals surface area (Å²) in [5.74, 6) is -2.07. The zero-order valence-corrected chi connectivity index (χ0v) is 14.8. The Labute approximate surface area is 152 Å². The van der Waals surface area contributed by atoms with E-state index in [-0.39, 0.29) is 41.7 Å². The molecule has 2 rings (SSSR count). The van der Waals surface area contributed by atoms with E-state index in [2.05, 4.69) is 4.98 Å². The number of aliphatic carboxylic acids is 1. The van der Waals surface area contributed by atoms with Crippen LogP contribution in [0.5, 0.6) is 0 Å². The average molecular weight is 400 g/mol. The van der Waals surface area contributed by atoms with Gasteiger partial charge >= 0.3 is 12.1 Å². The van der Waals surface area contributed by atoms with E-state index < -0.39 is 34.4 Å². The minimum atomic E-state index is -1.36. The minimum absolute atomic E-state index is 0.0214. The van der Waals surface area contributed by atoms with Crippen molar-refractivity contribution >= 4 is 46.9 Å². The fraction of sp³-hybridized carbons (Fsp3) is 0.500. The molecule has 1 fully saturated rings. The molecule has 0 radical (unpaired) electrons. The van der Waals surface area contributed by atoms with Gasteiger partial charge in [-0.15, -0.1) is 0 Å². The number of pyridine rings is 1. The van der Waals surface area contributed by atoms with Crippen LogP contribution in [0.3, 0.4) is 0 Å². The monoisotopic (exact) mass is 398 g/mol. The highest BCUT2D eigenvalue weighted by Crippen LogP contribution is 2.40. The van der Waals surface area contributed by atoms with E-state index in [1.165, 1.54) is 0 Å². The average Bonchev–Trinajstić information content (AvgIpc) is 2.50. The second kappa shape index (κ2) is 6.90. The van der Waals surface area contributed by atoms with Crippen LogP contribution in [0, 0.1) is 11.2 Å². The Morgan fingerprint density at radius 3 is 2.46 bits per heavy atom. The largest absolute Gasteiger partial charge is 0.481 e. The molecule has 1 unspecified atom stereocenters. The number of halogens is 4. The van der Waals surface area contributed by atoms with Gasteiger partial charge in [-0.2, -0.15) is 0 Å². The molecule has 1 aromatic heterocycles. The summed E-state index contributed by atoms with van der Waals surface area (Å²) in [6.45, 7) is 1.63. The molecule has 2 atom stereocenters. The third-order valence-electron chi connectivity index (χ3n) is 4.31. The van der Waals surface area contributed by atoms with Crippen LogP contribution in [-0.2, 0) is 11.2 Å². The van der Waals surface area contributed by atoms with E-state index in [0.29, 0.717) is 0 Å². The summed E-state index contributed by atoms with van der Waals surface area (Å²) in [4.78, 5) is 28.0. The van der Waals surface area contributed by atoms with Crippen LogP contribution in [0.15, 0.2) is 0 Å². The van der Waals surface area contributed by atoms with Gasteiger partial charge in [-0.1, -0.05) is 34.8 Å². The number of amides is 1. The molecule has 1 aromatic rings. The van der Waals surface area contributed by atoms with Gasteiger partial charge in [0.2, 0.25) is 0 Å². The van der Waals surface area contributed by atoms with Crippen molar-refractivity contribution in [1.29, 1.82) is 0 Å². The highest BCUT2D eigenvalue weighted by atomic mass is 35.5. The zero-order chi connectivity index (χ0) is 18.2. The van der Waals surface area contributed by atoms with Crippen molar-refractivity contribution in [2.75, 3.05) is 6.54 Å². The standard InChI is InChI=1S/C14H14Cl3FN2O4/c1-6-4-14(12(21)22,2-3-20(6)13(23)24)5-7-10(18)8(15)9(16)11(17)19-7/h6H,2-5H2,1H3,(H,21,22)(H,23,24)/t6-,14?/m1/s1. The van der Waals surface area contributed by atoms with Crippen molar-refractivity contribution in [2.45, 2.75) is 32.2 Å². The van der Waals surface area contributed by atoms with Gasteiger partial charge in [0.25, 0.3) is 0 Å². The number of hydrogen-bond acceptors (Lipinski definition) is 3. The summed E-state index contributed by atoms with van der Waals surface area (Å²) in [6.07, 6.45) is -1.34. The second-order valence-electron chi connectivity index (χ2n) is 5.83. The van der Waals surface area contributed by atoms with E-state index in [1.807, 2.05) is 0 Å². The van der Waals surface area contributed by atoms with Gasteiger partial charge in [0, 0.05) is 19.0 Å². The van der Waals surface area contributed by atoms with Crippen molar-refractivity contribution in [2.24, 2.45) is 5.41 Å². The fourth-order valence-corrected chi connectivity index (χ4v) is 3.58. The molecule has 0 bridgehead atoms. The summed E-state index contributed by atoms with van der Waals surface area (Å²) in [7, 11) is 0. The molecule has 6 nitrogen and oxygen atoms in total. The summed E-state index contributed by atoms with van der Waals surface area (Å²) >= 11 is 17.3. The molecule has 10 heteroatoms. The van der Waals surface area contributed by atoms with Gasteiger partial charge in [0.05, 0.1) is 21.2 Å². The predicted molar refractivity (Wildman–Crippen MR) is 86.4 cm³/mol. The van der Waals surface area contributed by atoms with E-state index in [4.69, 9.17) is 39.9 Å². The van der Waals surface area contributed by atoms with Crippen LogP contribution in [0.4, 0.5) is 9.18 Å². The fourth-order valence-electron chi connectivity index (χ4n) is 3.02. The van der Waals surface area contributed by atoms with Gasteiger partial charge in [-0.3, -0.25) is 4.79 Å². The van der Waals surface area contributed by atoms with Crippen molar-refractivity contribution in [3.63, 3.8) is 0 Å². The summed E-state index contributed by atoms with van der Waals surface area (Å²) < 4.78 is 14.3. The van der Waals surface area contributed by atoms with Crippen molar-refractivity contribution < 1.29 is 24.2 Å². The lowest BCUT2D eigenvalue weighted by molar-refractivity contribution is -0.153. The quantitative estimate of drug-likeness (QED) is 0.751. The molecule has 0 saturated carbocycles. The Morgan fingerprint density at radius 1 is 1.33 bits per heavy atom. The molecule has 24 heavy (non-hydrogen) atoms. The lowest BCUT2D eigenvalue weighted by Gasteiger charge is -2.41. The van der Waals surface area contributed by atoms with E-state index in [1.54, 1.807) is 6.92 Å². The third-order valence-corrected chi connectivity index (χ3v) is 5.50. The Kier molecular flexibility index (Phi) is 5.47. The summed E-state index contributed by atoms with van der Waals surface area (Å²) in [5.41, 5.74) is -1.56. The number of carboxylic acid groups (broad SMARTS) is 2. The Morgan fingerprint density at radius 2 is 1.96 bits per heavy atom. The molecule has 132 valence electrons.